The summed E-state index contributed by atoms with van der Waals surface area (Å²) in [5, 5.41) is 13.7. The van der Waals surface area contributed by atoms with E-state index in [9.17, 15) is 14.7 Å². The van der Waals surface area contributed by atoms with Crippen molar-refractivity contribution in [1.29, 1.82) is 0 Å². The quantitative estimate of drug-likeness (QED) is 0.612. The second-order valence-corrected chi connectivity index (χ2v) is 5.05. The van der Waals surface area contributed by atoms with Crippen LogP contribution in [0.4, 0.5) is 0 Å². The van der Waals surface area contributed by atoms with Crippen molar-refractivity contribution in [1.82, 2.24) is 14.7 Å². The van der Waals surface area contributed by atoms with Gasteiger partial charge in [0.2, 0.25) is 0 Å². The van der Waals surface area contributed by atoms with Crippen molar-refractivity contribution in [3.8, 4) is 0 Å². The van der Waals surface area contributed by atoms with Gasteiger partial charge in [-0.25, -0.2) is 0 Å². The van der Waals surface area contributed by atoms with E-state index in [1.807, 2.05) is 0 Å². The molecule has 1 fully saturated rings. The Morgan fingerprint density at radius 1 is 1.37 bits per heavy atom. The fraction of sp³-hybridized carbons (Fsp3) is 0.615. The van der Waals surface area contributed by atoms with Crippen LogP contribution in [0.5, 0.6) is 0 Å². The van der Waals surface area contributed by atoms with Gasteiger partial charge < -0.3 is 10.0 Å². The minimum Gasteiger partial charge on any atom is -0.391 e. The maximum absolute atomic E-state index is 12.3. The van der Waals surface area contributed by atoms with Gasteiger partial charge in [-0.2, -0.15) is 5.10 Å². The zero-order valence-corrected chi connectivity index (χ0v) is 11.5. The smallest absolute Gasteiger partial charge is 0.295 e. The number of hydrogen-bond acceptors (Lipinski definition) is 4. The first-order chi connectivity index (χ1) is 8.91. The van der Waals surface area contributed by atoms with Gasteiger partial charge in [0.25, 0.3) is 11.7 Å². The van der Waals surface area contributed by atoms with Gasteiger partial charge in [-0.1, -0.05) is 0 Å². The Morgan fingerprint density at radius 3 is 2.58 bits per heavy atom. The van der Waals surface area contributed by atoms with E-state index in [-0.39, 0.29) is 6.54 Å². The van der Waals surface area contributed by atoms with Crippen LogP contribution in [0.2, 0.25) is 0 Å². The first-order valence-corrected chi connectivity index (χ1v) is 6.43. The second-order valence-electron chi connectivity index (χ2n) is 5.05. The summed E-state index contributed by atoms with van der Waals surface area (Å²) in [6, 6.07) is 0. The van der Waals surface area contributed by atoms with Crippen LogP contribution in [-0.4, -0.2) is 50.7 Å². The average Bonchev–Trinajstić information content (AvgIpc) is 2.61. The zero-order valence-electron chi connectivity index (χ0n) is 11.5. The van der Waals surface area contributed by atoms with E-state index in [4.69, 9.17) is 0 Å². The summed E-state index contributed by atoms with van der Waals surface area (Å²) in [4.78, 5) is 25.9. The summed E-state index contributed by atoms with van der Waals surface area (Å²) in [6.45, 7) is 4.26. The minimum atomic E-state index is -0.544. The summed E-state index contributed by atoms with van der Waals surface area (Å²) in [7, 11) is 1.74. The number of carbonyl (C=O) groups excluding carboxylic acids is 2. The number of nitrogens with zero attached hydrogens (tertiary/aromatic N) is 3. The highest BCUT2D eigenvalue weighted by atomic mass is 16.3. The number of rotatable bonds is 2. The normalized spacial score (nSPS) is 19.6. The molecule has 0 spiro atoms. The van der Waals surface area contributed by atoms with Crippen LogP contribution >= 0.6 is 0 Å². The summed E-state index contributed by atoms with van der Waals surface area (Å²) in [6.07, 6.45) is 0.885. The SMILES string of the molecule is Cc1nn(C)c(C)c1C(=O)C(=O)N1CCCC(O)C1. The lowest BCUT2D eigenvalue weighted by Gasteiger charge is -2.29. The number of piperidine rings is 1. The highest BCUT2D eigenvalue weighted by Crippen LogP contribution is 2.16. The molecular formula is C13H19N3O3. The molecule has 19 heavy (non-hydrogen) atoms. The molecule has 1 aliphatic heterocycles. The first kappa shape index (κ1) is 13.7. The maximum atomic E-state index is 12.3. The molecule has 1 unspecified atom stereocenters. The number of Topliss-reactive ketones (excluding diaryl/α,β-unsaturated/α-hetero) is 1. The van der Waals surface area contributed by atoms with Gasteiger partial charge in [0.15, 0.2) is 0 Å². The first-order valence-electron chi connectivity index (χ1n) is 6.43. The van der Waals surface area contributed by atoms with Gasteiger partial charge in [-0.3, -0.25) is 14.3 Å². The number of aryl methyl sites for hydroxylation is 2. The van der Waals surface area contributed by atoms with Crippen molar-refractivity contribution in [2.45, 2.75) is 32.8 Å². The number of aliphatic hydroxyl groups is 1. The van der Waals surface area contributed by atoms with E-state index in [2.05, 4.69) is 5.10 Å². The molecule has 2 rings (SSSR count). The second kappa shape index (κ2) is 5.13. The van der Waals surface area contributed by atoms with Crippen molar-refractivity contribution in [3.05, 3.63) is 17.0 Å². The Hall–Kier alpha value is -1.69. The monoisotopic (exact) mass is 265 g/mol. The molecule has 0 bridgehead atoms. The minimum absolute atomic E-state index is 0.239. The van der Waals surface area contributed by atoms with Gasteiger partial charge in [-0.15, -0.1) is 0 Å². The standard InChI is InChI=1S/C13H19N3O3/c1-8-11(9(2)15(3)14-8)12(18)13(19)16-6-4-5-10(17)7-16/h10,17H,4-7H2,1-3H3. The van der Waals surface area contributed by atoms with E-state index in [0.717, 1.165) is 6.42 Å². The predicted octanol–water partition coefficient (Wildman–Crippen LogP) is 0.203. The van der Waals surface area contributed by atoms with Crippen LogP contribution < -0.4 is 0 Å². The molecule has 1 aromatic heterocycles. The zero-order chi connectivity index (χ0) is 14.2. The maximum Gasteiger partial charge on any atom is 0.295 e. The van der Waals surface area contributed by atoms with Crippen molar-refractivity contribution >= 4 is 11.7 Å². The number of ketones is 1. The van der Waals surface area contributed by atoms with Gasteiger partial charge in [0.1, 0.15) is 0 Å². The highest BCUT2D eigenvalue weighted by Gasteiger charge is 2.30. The molecule has 0 saturated carbocycles. The summed E-state index contributed by atoms with van der Waals surface area (Å²) < 4.78 is 1.60. The van der Waals surface area contributed by atoms with Crippen LogP contribution in [0, 0.1) is 13.8 Å². The van der Waals surface area contributed by atoms with E-state index < -0.39 is 17.8 Å². The van der Waals surface area contributed by atoms with Gasteiger partial charge in [0.05, 0.1) is 17.4 Å². The molecule has 6 nitrogen and oxygen atoms in total. The molecule has 0 aromatic carbocycles. The number of aromatic nitrogens is 2. The van der Waals surface area contributed by atoms with E-state index in [0.29, 0.717) is 29.9 Å². The number of aliphatic hydroxyl groups excluding tert-OH is 1. The molecule has 6 heteroatoms. The molecule has 2 heterocycles. The lowest BCUT2D eigenvalue weighted by molar-refractivity contribution is -0.129. The number of hydrogen-bond donors (Lipinski definition) is 1. The number of β-amino-alcohol motifs (C(OH)–C–C–N with tert-alkyl or cyclic N) is 1. The Kier molecular flexibility index (Phi) is 3.71. The molecule has 1 aromatic rings. The molecule has 1 amide bonds. The molecule has 1 aliphatic rings. The highest BCUT2D eigenvalue weighted by molar-refractivity contribution is 6.43. The van der Waals surface area contributed by atoms with Crippen LogP contribution in [0.25, 0.3) is 0 Å². The molecule has 1 saturated heterocycles. The largest absolute Gasteiger partial charge is 0.391 e. The van der Waals surface area contributed by atoms with Crippen LogP contribution in [-0.2, 0) is 11.8 Å². The summed E-state index contributed by atoms with van der Waals surface area (Å²) in [5.41, 5.74) is 1.64. The Balaban J connectivity index is 2.21. The fourth-order valence-electron chi connectivity index (χ4n) is 2.49. The molecule has 0 radical (unpaired) electrons. The topological polar surface area (TPSA) is 75.4 Å². The lowest BCUT2D eigenvalue weighted by Crippen LogP contribution is -2.45. The molecule has 104 valence electrons. The predicted molar refractivity (Wildman–Crippen MR) is 68.8 cm³/mol. The summed E-state index contributed by atoms with van der Waals surface area (Å²) >= 11 is 0. The number of carbonyl (C=O) groups is 2. The summed E-state index contributed by atoms with van der Waals surface area (Å²) in [5.74, 6) is -1.07. The van der Waals surface area contributed by atoms with E-state index in [1.165, 1.54) is 4.90 Å². The van der Waals surface area contributed by atoms with Crippen molar-refractivity contribution in [2.24, 2.45) is 7.05 Å². The van der Waals surface area contributed by atoms with E-state index in [1.54, 1.807) is 25.6 Å². The lowest BCUT2D eigenvalue weighted by atomic mass is 10.0. The van der Waals surface area contributed by atoms with Gasteiger partial charge in [0, 0.05) is 25.8 Å². The van der Waals surface area contributed by atoms with Gasteiger partial charge in [-0.05, 0) is 26.7 Å². The Bertz CT molecular complexity index is 521. The van der Waals surface area contributed by atoms with E-state index >= 15 is 0 Å². The van der Waals surface area contributed by atoms with Crippen LogP contribution in [0.1, 0.15) is 34.6 Å². The molecular weight excluding hydrogens is 246 g/mol. The van der Waals surface area contributed by atoms with Gasteiger partial charge >= 0.3 is 0 Å². The molecule has 0 aliphatic carbocycles. The number of amides is 1. The molecule has 1 N–H and O–H groups in total. The van der Waals surface area contributed by atoms with Crippen LogP contribution in [0.3, 0.4) is 0 Å². The average molecular weight is 265 g/mol. The third kappa shape index (κ3) is 2.53. The van der Waals surface area contributed by atoms with Crippen LogP contribution in [0.15, 0.2) is 0 Å². The third-order valence-corrected chi connectivity index (χ3v) is 3.61. The fourth-order valence-corrected chi connectivity index (χ4v) is 2.49. The van der Waals surface area contributed by atoms with Crippen molar-refractivity contribution < 1.29 is 14.7 Å². The van der Waals surface area contributed by atoms with Crippen molar-refractivity contribution in [3.63, 3.8) is 0 Å². The Labute approximate surface area is 112 Å². The third-order valence-electron chi connectivity index (χ3n) is 3.61. The van der Waals surface area contributed by atoms with Crippen molar-refractivity contribution in [2.75, 3.05) is 13.1 Å². The number of likely N-dealkylation sites (tertiary alicyclic amines) is 1. The Morgan fingerprint density at radius 2 is 2.05 bits per heavy atom. The molecule has 1 atom stereocenters.